The van der Waals surface area contributed by atoms with Crippen LogP contribution in [0.5, 0.6) is 11.5 Å². The average Bonchev–Trinajstić information content (AvgIpc) is 3.50. The summed E-state index contributed by atoms with van der Waals surface area (Å²) in [5.74, 6) is -0.735. The maximum Gasteiger partial charge on any atom is 0.213 e. The second kappa shape index (κ2) is 11.6. The first-order valence-corrected chi connectivity index (χ1v) is 13.6. The van der Waals surface area contributed by atoms with Gasteiger partial charge >= 0.3 is 0 Å². The Morgan fingerprint density at radius 3 is 1.74 bits per heavy atom. The van der Waals surface area contributed by atoms with Gasteiger partial charge in [0.2, 0.25) is 23.1 Å². The number of methoxy groups -OCH3 is 1. The molecule has 4 aromatic rings. The van der Waals surface area contributed by atoms with Crippen LogP contribution in [-0.4, -0.2) is 23.8 Å². The number of hydrogen-bond donors (Lipinski definition) is 1. The van der Waals surface area contributed by atoms with Gasteiger partial charge in [0.1, 0.15) is 22.8 Å². The number of Topliss-reactive ketones (excluding diaryl/α,β-unsaturated/α-hetero) is 2. The molecule has 0 saturated heterocycles. The predicted molar refractivity (Wildman–Crippen MR) is 142 cm³/mol. The zero-order valence-corrected chi connectivity index (χ0v) is 21.9. The molecule has 0 bridgehead atoms. The Bertz CT molecular complexity index is 1490. The van der Waals surface area contributed by atoms with E-state index in [2.05, 4.69) is 0 Å². The number of ketones is 2. The number of fused-ring (bicyclic) bond motifs is 2. The van der Waals surface area contributed by atoms with Crippen molar-refractivity contribution >= 4 is 33.5 Å². The van der Waals surface area contributed by atoms with Gasteiger partial charge in [0.25, 0.3) is 0 Å². The van der Waals surface area contributed by atoms with Crippen molar-refractivity contribution in [1.29, 1.82) is 0 Å². The van der Waals surface area contributed by atoms with Crippen LogP contribution in [0, 0.1) is 23.5 Å². The van der Waals surface area contributed by atoms with Crippen LogP contribution in [-0.2, 0) is 0 Å². The summed E-state index contributed by atoms with van der Waals surface area (Å²) in [4.78, 5) is 24.9. The molecule has 0 amide bonds. The number of rotatable bonds is 5. The molecule has 2 aliphatic rings. The molecule has 0 aliphatic heterocycles. The third-order valence-corrected chi connectivity index (χ3v) is 7.83. The van der Waals surface area contributed by atoms with Crippen LogP contribution in [0.15, 0.2) is 45.2 Å². The van der Waals surface area contributed by atoms with E-state index in [1.807, 2.05) is 0 Å². The molecule has 6 rings (SSSR count). The van der Waals surface area contributed by atoms with Crippen molar-refractivity contribution in [3.8, 4) is 11.5 Å². The molecule has 2 aromatic heterocycles. The van der Waals surface area contributed by atoms with Crippen LogP contribution in [0.25, 0.3) is 21.9 Å². The lowest BCUT2D eigenvalue weighted by Crippen LogP contribution is -2.17. The third-order valence-electron chi connectivity index (χ3n) is 7.83. The molecular weight excluding hydrogens is 506 g/mol. The van der Waals surface area contributed by atoms with Crippen molar-refractivity contribution < 1.29 is 37.0 Å². The molecule has 0 spiro atoms. The van der Waals surface area contributed by atoms with Crippen molar-refractivity contribution in [2.45, 2.75) is 64.2 Å². The Balaban J connectivity index is 0.000000158. The lowest BCUT2D eigenvalue weighted by Gasteiger charge is -2.19. The number of carbonyl (C=O) groups excluding carboxylic acids is 2. The summed E-state index contributed by atoms with van der Waals surface area (Å²) in [6.07, 6.45) is 10.0. The first-order chi connectivity index (χ1) is 18.9. The molecule has 2 fully saturated rings. The van der Waals surface area contributed by atoms with Crippen LogP contribution in [0.4, 0.5) is 8.78 Å². The smallest absolute Gasteiger partial charge is 0.213 e. The topological polar surface area (TPSA) is 89.9 Å². The van der Waals surface area contributed by atoms with Gasteiger partial charge in [-0.25, -0.2) is 8.78 Å². The minimum absolute atomic E-state index is 0.00283. The van der Waals surface area contributed by atoms with Gasteiger partial charge in [0.15, 0.2) is 11.5 Å². The summed E-state index contributed by atoms with van der Waals surface area (Å²) >= 11 is 0. The third kappa shape index (κ3) is 5.56. The number of benzene rings is 2. The number of aromatic hydroxyl groups is 1. The summed E-state index contributed by atoms with van der Waals surface area (Å²) < 4.78 is 42.8. The van der Waals surface area contributed by atoms with E-state index < -0.39 is 5.82 Å². The van der Waals surface area contributed by atoms with Gasteiger partial charge in [-0.1, -0.05) is 38.5 Å². The van der Waals surface area contributed by atoms with E-state index in [0.717, 1.165) is 57.8 Å². The molecule has 2 aliphatic carbocycles. The van der Waals surface area contributed by atoms with Gasteiger partial charge in [-0.05, 0) is 62.1 Å². The second-order valence-electron chi connectivity index (χ2n) is 10.4. The summed E-state index contributed by atoms with van der Waals surface area (Å²) in [5, 5.41) is 10.8. The van der Waals surface area contributed by atoms with Gasteiger partial charge < -0.3 is 18.7 Å². The number of furan rings is 2. The average molecular weight is 539 g/mol. The molecule has 2 aromatic carbocycles. The van der Waals surface area contributed by atoms with Gasteiger partial charge in [0.05, 0.1) is 17.9 Å². The number of ether oxygens (including phenoxy) is 1. The second-order valence-corrected chi connectivity index (χ2v) is 10.4. The van der Waals surface area contributed by atoms with E-state index in [0.29, 0.717) is 22.3 Å². The van der Waals surface area contributed by atoms with E-state index in [4.69, 9.17) is 13.6 Å². The molecule has 2 saturated carbocycles. The van der Waals surface area contributed by atoms with Crippen LogP contribution in [0.1, 0.15) is 85.3 Å². The van der Waals surface area contributed by atoms with Gasteiger partial charge in [0, 0.05) is 11.8 Å². The standard InChI is InChI=1S/C16H17FO3.C15H15FO3/c1-19-15-12-9-11(17)7-8-13(12)20-16(15)14(18)10-5-3-2-4-6-10;16-10-6-7-12-11(8-10)14(18)15(19-12)13(17)9-4-2-1-3-5-9/h7-10H,2-6H2,1H3;6-9,18H,1-5H2. The Hall–Kier alpha value is -3.68. The van der Waals surface area contributed by atoms with Crippen molar-refractivity contribution in [2.75, 3.05) is 7.11 Å². The Labute approximate surface area is 224 Å². The predicted octanol–water partition coefficient (Wildman–Crippen LogP) is 8.38. The molecule has 6 nitrogen and oxygen atoms in total. The maximum absolute atomic E-state index is 13.3. The minimum atomic E-state index is -0.458. The monoisotopic (exact) mass is 538 g/mol. The summed E-state index contributed by atoms with van der Waals surface area (Å²) in [6.45, 7) is 0. The summed E-state index contributed by atoms with van der Waals surface area (Å²) in [6, 6.07) is 8.06. The van der Waals surface area contributed by atoms with Crippen LogP contribution < -0.4 is 4.74 Å². The molecular formula is C31H32F2O6. The lowest BCUT2D eigenvalue weighted by molar-refractivity contribution is 0.0852. The van der Waals surface area contributed by atoms with E-state index in [-0.39, 0.29) is 51.9 Å². The Kier molecular flexibility index (Phi) is 8.00. The maximum atomic E-state index is 13.3. The molecule has 1 N–H and O–H groups in total. The van der Waals surface area contributed by atoms with E-state index in [1.165, 1.54) is 49.9 Å². The highest BCUT2D eigenvalue weighted by Crippen LogP contribution is 2.38. The van der Waals surface area contributed by atoms with Crippen LogP contribution >= 0.6 is 0 Å². The molecule has 0 atom stereocenters. The summed E-state index contributed by atoms with van der Waals surface area (Å²) in [7, 11) is 1.48. The largest absolute Gasteiger partial charge is 0.504 e. The fraction of sp³-hybridized carbons (Fsp3) is 0.419. The minimum Gasteiger partial charge on any atom is -0.504 e. The fourth-order valence-corrected chi connectivity index (χ4v) is 5.74. The Morgan fingerprint density at radius 2 is 1.21 bits per heavy atom. The van der Waals surface area contributed by atoms with Crippen LogP contribution in [0.2, 0.25) is 0 Å². The van der Waals surface area contributed by atoms with E-state index in [9.17, 15) is 23.5 Å². The summed E-state index contributed by atoms with van der Waals surface area (Å²) in [5.41, 5.74) is 0.834. The number of hydrogen-bond acceptors (Lipinski definition) is 6. The highest BCUT2D eigenvalue weighted by Gasteiger charge is 2.30. The quantitative estimate of drug-likeness (QED) is 0.257. The Morgan fingerprint density at radius 1 is 0.744 bits per heavy atom. The molecule has 2 heterocycles. The normalized spacial score (nSPS) is 16.7. The molecule has 8 heteroatoms. The first kappa shape index (κ1) is 26.9. The van der Waals surface area contributed by atoms with E-state index >= 15 is 0 Å². The highest BCUT2D eigenvalue weighted by atomic mass is 19.1. The highest BCUT2D eigenvalue weighted by molar-refractivity contribution is 6.04. The lowest BCUT2D eigenvalue weighted by atomic mass is 9.85. The molecule has 206 valence electrons. The molecule has 0 unspecified atom stereocenters. The van der Waals surface area contributed by atoms with Gasteiger partial charge in [-0.3, -0.25) is 9.59 Å². The van der Waals surface area contributed by atoms with Crippen LogP contribution in [0.3, 0.4) is 0 Å². The molecule has 0 radical (unpaired) electrons. The SMILES string of the molecule is COc1c(C(=O)C2CCCCC2)oc2ccc(F)cc12.O=C(c1oc2ccc(F)cc2c1O)C1CCCCC1. The van der Waals surface area contributed by atoms with Gasteiger partial charge in [-0.15, -0.1) is 0 Å². The molecule has 39 heavy (non-hydrogen) atoms. The van der Waals surface area contributed by atoms with Crippen molar-refractivity contribution in [3.63, 3.8) is 0 Å². The zero-order valence-electron chi connectivity index (χ0n) is 21.9. The zero-order chi connectivity index (χ0) is 27.5. The number of halogens is 2. The first-order valence-electron chi connectivity index (χ1n) is 13.6. The number of carbonyl (C=O) groups is 2. The van der Waals surface area contributed by atoms with Crippen molar-refractivity contribution in [3.05, 3.63) is 59.6 Å². The fourth-order valence-electron chi connectivity index (χ4n) is 5.74. The van der Waals surface area contributed by atoms with Crippen molar-refractivity contribution in [2.24, 2.45) is 11.8 Å². The van der Waals surface area contributed by atoms with Crippen molar-refractivity contribution in [1.82, 2.24) is 0 Å². The van der Waals surface area contributed by atoms with Gasteiger partial charge in [-0.2, -0.15) is 0 Å². The van der Waals surface area contributed by atoms with E-state index in [1.54, 1.807) is 0 Å².